The van der Waals surface area contributed by atoms with E-state index in [-0.39, 0.29) is 5.91 Å². The first-order valence-corrected chi connectivity index (χ1v) is 11.3. The van der Waals surface area contributed by atoms with Gasteiger partial charge >= 0.3 is 0 Å². The molecule has 0 atom stereocenters. The van der Waals surface area contributed by atoms with E-state index in [0.29, 0.717) is 23.6 Å². The Kier molecular flexibility index (Phi) is 6.66. The Balaban J connectivity index is 1.38. The van der Waals surface area contributed by atoms with Crippen molar-refractivity contribution in [3.05, 3.63) is 66.0 Å². The lowest BCUT2D eigenvalue weighted by Crippen LogP contribution is -2.32. The lowest BCUT2D eigenvalue weighted by molar-refractivity contribution is 0.102. The van der Waals surface area contributed by atoms with Crippen molar-refractivity contribution in [2.24, 2.45) is 0 Å². The number of anilines is 2. The van der Waals surface area contributed by atoms with Crippen LogP contribution < -0.4 is 19.7 Å². The first-order chi connectivity index (χ1) is 15.2. The van der Waals surface area contributed by atoms with Gasteiger partial charge < -0.3 is 19.7 Å². The predicted octanol–water partition coefficient (Wildman–Crippen LogP) is 3.75. The van der Waals surface area contributed by atoms with Crippen LogP contribution in [0.3, 0.4) is 0 Å². The number of thioether (sulfide) groups is 1. The van der Waals surface area contributed by atoms with Crippen LogP contribution in [0, 0.1) is 0 Å². The molecule has 0 radical (unpaired) electrons. The Hall–Kier alpha value is -3.13. The second kappa shape index (κ2) is 9.78. The molecule has 1 aliphatic rings. The average Bonchev–Trinajstić information content (AvgIpc) is 3.28. The van der Waals surface area contributed by atoms with Gasteiger partial charge in [-0.25, -0.2) is 0 Å². The Morgan fingerprint density at radius 3 is 2.52 bits per heavy atom. The molecule has 1 amide bonds. The Morgan fingerprint density at radius 1 is 1.06 bits per heavy atom. The highest BCUT2D eigenvalue weighted by Gasteiger charge is 2.13. The van der Waals surface area contributed by atoms with E-state index in [1.807, 2.05) is 42.1 Å². The first-order valence-electron chi connectivity index (χ1n) is 10.1. The fourth-order valence-corrected chi connectivity index (χ4v) is 4.42. The number of carbonyl (C=O) groups excluding carboxylic acids is 1. The zero-order valence-corrected chi connectivity index (χ0v) is 18.5. The van der Waals surface area contributed by atoms with E-state index in [9.17, 15) is 4.79 Å². The molecule has 2 aromatic carbocycles. The maximum absolute atomic E-state index is 12.6. The van der Waals surface area contributed by atoms with Gasteiger partial charge in [-0.05, 0) is 42.0 Å². The van der Waals surface area contributed by atoms with Crippen molar-refractivity contribution in [2.45, 2.75) is 6.54 Å². The summed E-state index contributed by atoms with van der Waals surface area (Å²) in [5.41, 5.74) is 3.48. The molecule has 0 aliphatic carbocycles. The van der Waals surface area contributed by atoms with Crippen LogP contribution in [0.5, 0.6) is 11.5 Å². The number of amides is 1. The molecule has 2 heterocycles. The number of nitrogens with zero attached hydrogens (tertiary/aromatic N) is 3. The molecule has 1 saturated heterocycles. The summed E-state index contributed by atoms with van der Waals surface area (Å²) >= 11 is 1.99. The number of aromatic nitrogens is 2. The van der Waals surface area contributed by atoms with Crippen molar-refractivity contribution >= 4 is 29.0 Å². The predicted molar refractivity (Wildman–Crippen MR) is 125 cm³/mol. The summed E-state index contributed by atoms with van der Waals surface area (Å²) in [7, 11) is 3.21. The standard InChI is InChI=1S/C23H26N4O3S/c1-29-21-8-3-17(13-22(21)30-2)15-27-16-18(14-24-27)23(28)25-19-4-6-20(7-5-19)26-9-11-31-12-10-26/h3-8,13-14,16H,9-12,15H2,1-2H3,(H,25,28). The average molecular weight is 439 g/mol. The summed E-state index contributed by atoms with van der Waals surface area (Å²) in [6, 6.07) is 13.7. The third-order valence-electron chi connectivity index (χ3n) is 5.19. The van der Waals surface area contributed by atoms with E-state index < -0.39 is 0 Å². The van der Waals surface area contributed by atoms with Crippen LogP contribution >= 0.6 is 11.8 Å². The molecule has 1 fully saturated rings. The van der Waals surface area contributed by atoms with Gasteiger partial charge in [-0.15, -0.1) is 0 Å². The largest absolute Gasteiger partial charge is 0.493 e. The van der Waals surface area contributed by atoms with Crippen molar-refractivity contribution in [3.63, 3.8) is 0 Å². The summed E-state index contributed by atoms with van der Waals surface area (Å²) in [6.07, 6.45) is 3.32. The number of nitrogens with one attached hydrogen (secondary N) is 1. The zero-order chi connectivity index (χ0) is 21.6. The number of benzene rings is 2. The van der Waals surface area contributed by atoms with Crippen molar-refractivity contribution in [1.82, 2.24) is 9.78 Å². The Morgan fingerprint density at radius 2 is 1.81 bits per heavy atom. The molecule has 1 aliphatic heterocycles. The summed E-state index contributed by atoms with van der Waals surface area (Å²) in [4.78, 5) is 15.0. The summed E-state index contributed by atoms with van der Waals surface area (Å²) in [5.74, 6) is 3.48. The third kappa shape index (κ3) is 5.14. The molecule has 4 rings (SSSR count). The summed E-state index contributed by atoms with van der Waals surface area (Å²) < 4.78 is 12.3. The van der Waals surface area contributed by atoms with Crippen LogP contribution in [0.2, 0.25) is 0 Å². The van der Waals surface area contributed by atoms with Crippen molar-refractivity contribution < 1.29 is 14.3 Å². The minimum absolute atomic E-state index is 0.180. The molecule has 7 nitrogen and oxygen atoms in total. The molecule has 1 N–H and O–H groups in total. The molecular weight excluding hydrogens is 412 g/mol. The first kappa shape index (κ1) is 21.1. The van der Waals surface area contributed by atoms with Gasteiger partial charge in [0.15, 0.2) is 11.5 Å². The molecule has 0 bridgehead atoms. The van der Waals surface area contributed by atoms with E-state index in [2.05, 4.69) is 27.4 Å². The highest BCUT2D eigenvalue weighted by atomic mass is 32.2. The highest BCUT2D eigenvalue weighted by molar-refractivity contribution is 7.99. The molecule has 0 spiro atoms. The van der Waals surface area contributed by atoms with Gasteiger partial charge in [-0.2, -0.15) is 16.9 Å². The number of rotatable bonds is 7. The van der Waals surface area contributed by atoms with Crippen LogP contribution in [0.4, 0.5) is 11.4 Å². The second-order valence-corrected chi connectivity index (χ2v) is 8.44. The van der Waals surface area contributed by atoms with Crippen molar-refractivity contribution in [1.29, 1.82) is 0 Å². The molecule has 162 valence electrons. The number of hydrogen-bond donors (Lipinski definition) is 1. The van der Waals surface area contributed by atoms with Gasteiger partial charge in [0.2, 0.25) is 0 Å². The molecule has 8 heteroatoms. The zero-order valence-electron chi connectivity index (χ0n) is 17.7. The van der Waals surface area contributed by atoms with Gasteiger partial charge in [0, 0.05) is 42.2 Å². The fraction of sp³-hybridized carbons (Fsp3) is 0.304. The normalized spacial score (nSPS) is 13.7. The molecule has 0 saturated carbocycles. The van der Waals surface area contributed by atoms with E-state index >= 15 is 0 Å². The van der Waals surface area contributed by atoms with Gasteiger partial charge in [-0.1, -0.05) is 6.07 Å². The quantitative estimate of drug-likeness (QED) is 0.606. The van der Waals surface area contributed by atoms with Gasteiger partial charge in [0.1, 0.15) is 0 Å². The maximum atomic E-state index is 12.6. The minimum atomic E-state index is -0.180. The highest BCUT2D eigenvalue weighted by Crippen LogP contribution is 2.28. The number of ether oxygens (including phenoxy) is 2. The van der Waals surface area contributed by atoms with E-state index in [1.165, 1.54) is 5.69 Å². The lowest BCUT2D eigenvalue weighted by Gasteiger charge is -2.28. The van der Waals surface area contributed by atoms with Crippen LogP contribution in [0.1, 0.15) is 15.9 Å². The Bertz CT molecular complexity index is 1030. The number of carbonyl (C=O) groups is 1. The van der Waals surface area contributed by atoms with Crippen LogP contribution in [-0.4, -0.2) is 54.5 Å². The summed E-state index contributed by atoms with van der Waals surface area (Å²) in [6.45, 7) is 2.65. The van der Waals surface area contributed by atoms with Gasteiger partial charge in [0.05, 0.1) is 32.5 Å². The van der Waals surface area contributed by atoms with E-state index in [1.54, 1.807) is 31.3 Å². The topological polar surface area (TPSA) is 68.6 Å². The molecule has 31 heavy (non-hydrogen) atoms. The van der Waals surface area contributed by atoms with Crippen LogP contribution in [0.15, 0.2) is 54.9 Å². The second-order valence-electron chi connectivity index (χ2n) is 7.22. The fourth-order valence-electron chi connectivity index (χ4n) is 3.51. The van der Waals surface area contributed by atoms with Crippen molar-refractivity contribution in [2.75, 3.05) is 49.0 Å². The van der Waals surface area contributed by atoms with Crippen LogP contribution in [-0.2, 0) is 6.54 Å². The Labute approximate surface area is 186 Å². The third-order valence-corrected chi connectivity index (χ3v) is 6.13. The lowest BCUT2D eigenvalue weighted by atomic mass is 10.2. The van der Waals surface area contributed by atoms with E-state index in [0.717, 1.165) is 35.8 Å². The number of hydrogen-bond acceptors (Lipinski definition) is 6. The van der Waals surface area contributed by atoms with Gasteiger partial charge in [-0.3, -0.25) is 9.48 Å². The van der Waals surface area contributed by atoms with Crippen LogP contribution in [0.25, 0.3) is 0 Å². The molecular formula is C23H26N4O3S. The SMILES string of the molecule is COc1ccc(Cn2cc(C(=O)Nc3ccc(N4CCSCC4)cc3)cn2)cc1OC. The monoisotopic (exact) mass is 438 g/mol. The van der Waals surface area contributed by atoms with Gasteiger partial charge in [0.25, 0.3) is 5.91 Å². The minimum Gasteiger partial charge on any atom is -0.493 e. The van der Waals surface area contributed by atoms with E-state index in [4.69, 9.17) is 9.47 Å². The number of methoxy groups -OCH3 is 2. The molecule has 0 unspecified atom stereocenters. The maximum Gasteiger partial charge on any atom is 0.258 e. The summed E-state index contributed by atoms with van der Waals surface area (Å²) in [5, 5.41) is 7.27. The molecule has 3 aromatic rings. The smallest absolute Gasteiger partial charge is 0.258 e. The molecule has 1 aromatic heterocycles. The van der Waals surface area contributed by atoms with Crippen molar-refractivity contribution in [3.8, 4) is 11.5 Å².